The number of carbonyl (C=O) groups excluding carboxylic acids is 1. The maximum absolute atomic E-state index is 13.1. The van der Waals surface area contributed by atoms with E-state index in [1.165, 1.54) is 23.1 Å². The fraction of sp³-hybridized carbons (Fsp3) is 0.591. The van der Waals surface area contributed by atoms with Crippen LogP contribution in [0.3, 0.4) is 0 Å². The molecule has 3 aliphatic rings. The van der Waals surface area contributed by atoms with Crippen molar-refractivity contribution in [3.8, 4) is 5.75 Å². The molecule has 140 valence electrons. The van der Waals surface area contributed by atoms with E-state index in [-0.39, 0.29) is 17.6 Å². The molecule has 26 heavy (non-hydrogen) atoms. The predicted molar refractivity (Wildman–Crippen MR) is 102 cm³/mol. The SMILES string of the molecule is COc1ccc2c(c1)[C@@H]1N(C(=O)OC(C)(C)C)CCC[C@@]13CCCC3=C2. The number of nitrogens with zero attached hydrogens (tertiary/aromatic N) is 1. The molecular formula is C22H29NO3. The molecule has 1 heterocycles. The number of rotatable bonds is 1. The summed E-state index contributed by atoms with van der Waals surface area (Å²) >= 11 is 0. The fourth-order valence-electron chi connectivity index (χ4n) is 5.17. The van der Waals surface area contributed by atoms with Crippen molar-refractivity contribution >= 4 is 12.2 Å². The summed E-state index contributed by atoms with van der Waals surface area (Å²) in [6.45, 7) is 6.56. The molecule has 1 aromatic carbocycles. The Morgan fingerprint density at radius 1 is 1.23 bits per heavy atom. The van der Waals surface area contributed by atoms with Gasteiger partial charge in [0.2, 0.25) is 0 Å². The number of methoxy groups -OCH3 is 1. The van der Waals surface area contributed by atoms with Gasteiger partial charge in [0.25, 0.3) is 0 Å². The molecule has 4 heteroatoms. The van der Waals surface area contributed by atoms with Crippen molar-refractivity contribution in [1.82, 2.24) is 4.90 Å². The standard InChI is InChI=1S/C22H29NO3/c1-21(2,3)26-20(24)23-12-6-11-22-10-5-7-16(22)13-15-8-9-17(25-4)14-18(15)19(22)23/h8-9,13-14,19H,5-7,10-12H2,1-4H3/t19-,22+/m0/s1. The Morgan fingerprint density at radius 2 is 2.00 bits per heavy atom. The number of piperidine rings is 1. The minimum atomic E-state index is -0.484. The van der Waals surface area contributed by atoms with Gasteiger partial charge in [0, 0.05) is 12.0 Å². The molecule has 2 aliphatic carbocycles. The Labute approximate surface area is 156 Å². The van der Waals surface area contributed by atoms with E-state index in [0.717, 1.165) is 38.0 Å². The molecule has 1 aromatic rings. The van der Waals surface area contributed by atoms with E-state index >= 15 is 0 Å². The number of hydrogen-bond acceptors (Lipinski definition) is 3. The first-order chi connectivity index (χ1) is 12.3. The Kier molecular flexibility index (Phi) is 4.05. The lowest BCUT2D eigenvalue weighted by Crippen LogP contribution is -2.50. The highest BCUT2D eigenvalue weighted by molar-refractivity contribution is 5.73. The van der Waals surface area contributed by atoms with Crippen molar-refractivity contribution in [2.45, 2.75) is 64.5 Å². The number of carbonyl (C=O) groups is 1. The maximum atomic E-state index is 13.1. The molecule has 1 amide bonds. The summed E-state index contributed by atoms with van der Waals surface area (Å²) < 4.78 is 11.3. The molecule has 0 N–H and O–H groups in total. The molecule has 2 fully saturated rings. The summed E-state index contributed by atoms with van der Waals surface area (Å²) in [4.78, 5) is 15.1. The van der Waals surface area contributed by atoms with Crippen LogP contribution in [0, 0.1) is 5.41 Å². The third-order valence-electron chi connectivity index (χ3n) is 6.11. The summed E-state index contributed by atoms with van der Waals surface area (Å²) in [6, 6.07) is 6.32. The Bertz CT molecular complexity index is 761. The lowest BCUT2D eigenvalue weighted by molar-refractivity contribution is -0.0155. The molecule has 1 saturated carbocycles. The van der Waals surface area contributed by atoms with E-state index in [4.69, 9.17) is 9.47 Å². The quantitative estimate of drug-likeness (QED) is 0.683. The second kappa shape index (κ2) is 6.04. The van der Waals surface area contributed by atoms with E-state index in [0.29, 0.717) is 0 Å². The number of amides is 1. The van der Waals surface area contributed by atoms with Crippen molar-refractivity contribution < 1.29 is 14.3 Å². The zero-order valence-electron chi connectivity index (χ0n) is 16.3. The second-order valence-corrected chi connectivity index (χ2v) is 8.85. The first kappa shape index (κ1) is 17.4. The van der Waals surface area contributed by atoms with E-state index < -0.39 is 5.60 Å². The number of ether oxygens (including phenoxy) is 2. The number of benzene rings is 1. The number of likely N-dealkylation sites (tertiary alicyclic amines) is 1. The minimum Gasteiger partial charge on any atom is -0.497 e. The lowest BCUT2D eigenvalue weighted by Gasteiger charge is -2.51. The van der Waals surface area contributed by atoms with Crippen LogP contribution in [0.15, 0.2) is 23.8 Å². The predicted octanol–water partition coefficient (Wildman–Crippen LogP) is 5.33. The van der Waals surface area contributed by atoms with Gasteiger partial charge in [-0.2, -0.15) is 0 Å². The van der Waals surface area contributed by atoms with Crippen molar-refractivity contribution in [1.29, 1.82) is 0 Å². The Morgan fingerprint density at radius 3 is 2.73 bits per heavy atom. The van der Waals surface area contributed by atoms with Crippen LogP contribution in [-0.4, -0.2) is 30.2 Å². The lowest BCUT2D eigenvalue weighted by atomic mass is 9.63. The summed E-state index contributed by atoms with van der Waals surface area (Å²) in [5.74, 6) is 0.850. The summed E-state index contributed by atoms with van der Waals surface area (Å²) in [5, 5.41) is 0. The largest absolute Gasteiger partial charge is 0.497 e. The molecule has 4 rings (SSSR count). The number of fused-ring (bicyclic) bond motifs is 2. The van der Waals surface area contributed by atoms with Crippen LogP contribution in [-0.2, 0) is 4.74 Å². The van der Waals surface area contributed by atoms with E-state index in [1.807, 2.05) is 31.7 Å². The average molecular weight is 355 g/mol. The molecule has 2 atom stereocenters. The maximum Gasteiger partial charge on any atom is 0.410 e. The van der Waals surface area contributed by atoms with Crippen LogP contribution in [0.25, 0.3) is 6.08 Å². The van der Waals surface area contributed by atoms with Crippen LogP contribution >= 0.6 is 0 Å². The first-order valence-electron chi connectivity index (χ1n) is 9.73. The van der Waals surface area contributed by atoms with Gasteiger partial charge >= 0.3 is 6.09 Å². The third-order valence-corrected chi connectivity index (χ3v) is 6.11. The van der Waals surface area contributed by atoms with Crippen molar-refractivity contribution in [3.05, 3.63) is 34.9 Å². The van der Waals surface area contributed by atoms with Crippen LogP contribution in [0.2, 0.25) is 0 Å². The second-order valence-electron chi connectivity index (χ2n) is 8.85. The Hall–Kier alpha value is -1.97. The van der Waals surface area contributed by atoms with Crippen molar-refractivity contribution in [2.75, 3.05) is 13.7 Å². The van der Waals surface area contributed by atoms with Gasteiger partial charge in [0.1, 0.15) is 11.4 Å². The van der Waals surface area contributed by atoms with E-state index in [9.17, 15) is 4.79 Å². The average Bonchev–Trinajstić information content (AvgIpc) is 2.99. The molecule has 1 saturated heterocycles. The van der Waals surface area contributed by atoms with Gasteiger partial charge in [-0.1, -0.05) is 17.7 Å². The van der Waals surface area contributed by atoms with Crippen molar-refractivity contribution in [3.63, 3.8) is 0 Å². The van der Waals surface area contributed by atoms with Crippen LogP contribution in [0.5, 0.6) is 5.75 Å². The summed E-state index contributed by atoms with van der Waals surface area (Å²) in [5.41, 5.74) is 3.55. The zero-order valence-corrected chi connectivity index (χ0v) is 16.3. The number of hydrogen-bond donors (Lipinski definition) is 0. The minimum absolute atomic E-state index is 0.0544. The Balaban J connectivity index is 1.82. The molecule has 0 aromatic heterocycles. The van der Waals surface area contributed by atoms with Gasteiger partial charge in [0.05, 0.1) is 13.2 Å². The zero-order chi connectivity index (χ0) is 18.5. The fourth-order valence-corrected chi connectivity index (χ4v) is 5.17. The molecule has 0 bridgehead atoms. The monoisotopic (exact) mass is 355 g/mol. The molecule has 0 radical (unpaired) electrons. The van der Waals surface area contributed by atoms with Crippen LogP contribution < -0.4 is 4.74 Å². The normalized spacial score (nSPS) is 27.2. The topological polar surface area (TPSA) is 38.8 Å². The van der Waals surface area contributed by atoms with E-state index in [2.05, 4.69) is 18.2 Å². The summed E-state index contributed by atoms with van der Waals surface area (Å²) in [7, 11) is 1.70. The van der Waals surface area contributed by atoms with Crippen LogP contribution in [0.1, 0.15) is 70.0 Å². The summed E-state index contributed by atoms with van der Waals surface area (Å²) in [6.07, 6.45) is 7.87. The van der Waals surface area contributed by atoms with Crippen LogP contribution in [0.4, 0.5) is 4.79 Å². The molecular weight excluding hydrogens is 326 g/mol. The smallest absolute Gasteiger partial charge is 0.410 e. The van der Waals surface area contributed by atoms with Gasteiger partial charge in [-0.05, 0) is 76.1 Å². The molecule has 4 nitrogen and oxygen atoms in total. The highest BCUT2D eigenvalue weighted by atomic mass is 16.6. The van der Waals surface area contributed by atoms with Gasteiger partial charge in [0.15, 0.2) is 0 Å². The molecule has 1 aliphatic heterocycles. The molecule has 1 spiro atoms. The highest BCUT2D eigenvalue weighted by Crippen LogP contribution is 2.62. The van der Waals surface area contributed by atoms with E-state index in [1.54, 1.807) is 7.11 Å². The van der Waals surface area contributed by atoms with Gasteiger partial charge in [-0.25, -0.2) is 4.79 Å². The first-order valence-corrected chi connectivity index (χ1v) is 9.73. The van der Waals surface area contributed by atoms with Gasteiger partial charge < -0.3 is 14.4 Å². The highest BCUT2D eigenvalue weighted by Gasteiger charge is 2.53. The van der Waals surface area contributed by atoms with Crippen molar-refractivity contribution in [2.24, 2.45) is 5.41 Å². The molecule has 0 unspecified atom stereocenters. The van der Waals surface area contributed by atoms with Gasteiger partial charge in [-0.15, -0.1) is 0 Å². The third kappa shape index (κ3) is 2.70. The van der Waals surface area contributed by atoms with Gasteiger partial charge in [-0.3, -0.25) is 0 Å².